The van der Waals surface area contributed by atoms with E-state index < -0.39 is 0 Å². The summed E-state index contributed by atoms with van der Waals surface area (Å²) >= 11 is 1.74. The first-order chi connectivity index (χ1) is 5.93. The van der Waals surface area contributed by atoms with E-state index in [0.29, 0.717) is 5.75 Å². The van der Waals surface area contributed by atoms with E-state index in [9.17, 15) is 0 Å². The van der Waals surface area contributed by atoms with Gasteiger partial charge in [0, 0.05) is 12.3 Å². The summed E-state index contributed by atoms with van der Waals surface area (Å²) in [5.74, 6) is 1.77. The minimum atomic E-state index is 0.647. The van der Waals surface area contributed by atoms with Crippen molar-refractivity contribution in [2.45, 2.75) is 19.3 Å². The number of nitriles is 1. The van der Waals surface area contributed by atoms with Gasteiger partial charge in [0.2, 0.25) is 0 Å². The van der Waals surface area contributed by atoms with E-state index in [-0.39, 0.29) is 0 Å². The lowest BCUT2D eigenvalue weighted by Gasteiger charge is -2.25. The van der Waals surface area contributed by atoms with Gasteiger partial charge >= 0.3 is 0 Å². The number of hydrogen-bond donors (Lipinski definition) is 0. The van der Waals surface area contributed by atoms with E-state index in [4.69, 9.17) is 5.26 Å². The Morgan fingerprint density at radius 1 is 1.25 bits per heavy atom. The van der Waals surface area contributed by atoms with Gasteiger partial charge in [0.1, 0.15) is 0 Å². The fourth-order valence-corrected chi connectivity index (χ4v) is 2.12. The first-order valence-corrected chi connectivity index (χ1v) is 5.76. The number of hydrogen-bond acceptors (Lipinski definition) is 3. The molecule has 0 aromatic heterocycles. The van der Waals surface area contributed by atoms with Gasteiger partial charge in [-0.2, -0.15) is 5.26 Å². The summed E-state index contributed by atoms with van der Waals surface area (Å²) in [5.41, 5.74) is 0. The molecule has 0 aromatic carbocycles. The predicted molar refractivity (Wildman–Crippen MR) is 53.2 cm³/mol. The van der Waals surface area contributed by atoms with Gasteiger partial charge in [-0.15, -0.1) is 11.8 Å². The van der Waals surface area contributed by atoms with E-state index in [1.807, 2.05) is 0 Å². The van der Waals surface area contributed by atoms with E-state index in [1.165, 1.54) is 38.9 Å². The summed E-state index contributed by atoms with van der Waals surface area (Å²) in [6.07, 6.45) is 4.13. The average molecular weight is 184 g/mol. The fourth-order valence-electron chi connectivity index (χ4n) is 1.49. The van der Waals surface area contributed by atoms with Crippen molar-refractivity contribution in [3.8, 4) is 6.07 Å². The second kappa shape index (κ2) is 6.33. The number of piperidine rings is 1. The van der Waals surface area contributed by atoms with Crippen LogP contribution in [0, 0.1) is 11.3 Å². The molecule has 68 valence electrons. The van der Waals surface area contributed by atoms with Crippen LogP contribution in [0.4, 0.5) is 0 Å². The minimum Gasteiger partial charge on any atom is -0.303 e. The summed E-state index contributed by atoms with van der Waals surface area (Å²) in [7, 11) is 0. The summed E-state index contributed by atoms with van der Waals surface area (Å²) in [6, 6.07) is 2.15. The molecule has 0 aliphatic carbocycles. The van der Waals surface area contributed by atoms with E-state index >= 15 is 0 Å². The summed E-state index contributed by atoms with van der Waals surface area (Å²) < 4.78 is 0. The Bertz CT molecular complexity index is 147. The molecule has 1 saturated heterocycles. The Labute approximate surface area is 78.9 Å². The molecule has 1 heterocycles. The zero-order valence-corrected chi connectivity index (χ0v) is 8.28. The molecule has 0 N–H and O–H groups in total. The summed E-state index contributed by atoms with van der Waals surface area (Å²) in [4.78, 5) is 2.51. The average Bonchev–Trinajstić information content (AvgIpc) is 2.14. The van der Waals surface area contributed by atoms with E-state index in [1.54, 1.807) is 11.8 Å². The third-order valence-electron chi connectivity index (χ3n) is 2.17. The van der Waals surface area contributed by atoms with Gasteiger partial charge in [-0.25, -0.2) is 0 Å². The molecule has 1 aliphatic rings. The lowest BCUT2D eigenvalue weighted by atomic mass is 10.1. The van der Waals surface area contributed by atoms with Crippen LogP contribution in [0.5, 0.6) is 0 Å². The highest BCUT2D eigenvalue weighted by molar-refractivity contribution is 7.99. The van der Waals surface area contributed by atoms with Gasteiger partial charge < -0.3 is 4.90 Å². The van der Waals surface area contributed by atoms with Crippen molar-refractivity contribution in [3.63, 3.8) is 0 Å². The van der Waals surface area contributed by atoms with Crippen LogP contribution >= 0.6 is 11.8 Å². The van der Waals surface area contributed by atoms with E-state index in [0.717, 1.165) is 5.75 Å². The van der Waals surface area contributed by atoms with Crippen LogP contribution in [-0.2, 0) is 0 Å². The van der Waals surface area contributed by atoms with Gasteiger partial charge in [-0.05, 0) is 25.9 Å². The van der Waals surface area contributed by atoms with Crippen LogP contribution in [-0.4, -0.2) is 36.0 Å². The fraction of sp³-hybridized carbons (Fsp3) is 0.889. The van der Waals surface area contributed by atoms with Gasteiger partial charge in [-0.1, -0.05) is 6.42 Å². The highest BCUT2D eigenvalue weighted by Crippen LogP contribution is 2.09. The molecule has 0 radical (unpaired) electrons. The standard InChI is InChI=1S/C9H16N2S/c10-4-8-12-9-7-11-5-2-1-3-6-11/h1-3,5-9H2. The maximum absolute atomic E-state index is 8.32. The Morgan fingerprint density at radius 3 is 2.67 bits per heavy atom. The Balaban J connectivity index is 1.95. The van der Waals surface area contributed by atoms with Crippen molar-refractivity contribution in [3.05, 3.63) is 0 Å². The minimum absolute atomic E-state index is 0.647. The number of rotatable bonds is 4. The number of likely N-dealkylation sites (tertiary alicyclic amines) is 1. The molecule has 0 bridgehead atoms. The molecule has 0 spiro atoms. The molecule has 1 aliphatic heterocycles. The lowest BCUT2D eigenvalue weighted by molar-refractivity contribution is 0.242. The smallest absolute Gasteiger partial charge is 0.0808 e. The topological polar surface area (TPSA) is 27.0 Å². The molecule has 12 heavy (non-hydrogen) atoms. The van der Waals surface area contributed by atoms with Gasteiger partial charge in [-0.3, -0.25) is 0 Å². The van der Waals surface area contributed by atoms with Crippen LogP contribution in [0.25, 0.3) is 0 Å². The first kappa shape index (κ1) is 9.88. The molecule has 0 aromatic rings. The maximum Gasteiger partial charge on any atom is 0.0808 e. The normalized spacial score (nSPS) is 18.9. The van der Waals surface area contributed by atoms with Gasteiger partial charge in [0.25, 0.3) is 0 Å². The number of thioether (sulfide) groups is 1. The van der Waals surface area contributed by atoms with Crippen molar-refractivity contribution in [1.82, 2.24) is 4.90 Å². The van der Waals surface area contributed by atoms with Crippen LogP contribution in [0.2, 0.25) is 0 Å². The Kier molecular flexibility index (Phi) is 5.21. The van der Waals surface area contributed by atoms with Crippen LogP contribution in [0.3, 0.4) is 0 Å². The molecular formula is C9H16N2S. The molecule has 0 unspecified atom stereocenters. The van der Waals surface area contributed by atoms with Crippen LogP contribution in [0.15, 0.2) is 0 Å². The molecule has 3 heteroatoms. The highest BCUT2D eigenvalue weighted by atomic mass is 32.2. The Morgan fingerprint density at radius 2 is 2.00 bits per heavy atom. The second-order valence-corrected chi connectivity index (χ2v) is 4.22. The van der Waals surface area contributed by atoms with E-state index in [2.05, 4.69) is 11.0 Å². The molecule has 1 rings (SSSR count). The predicted octanol–water partition coefficient (Wildman–Crippen LogP) is 1.73. The van der Waals surface area contributed by atoms with Crippen molar-refractivity contribution >= 4 is 11.8 Å². The molecular weight excluding hydrogens is 168 g/mol. The monoisotopic (exact) mass is 184 g/mol. The summed E-state index contributed by atoms with van der Waals surface area (Å²) in [5, 5.41) is 8.32. The Hall–Kier alpha value is -0.200. The van der Waals surface area contributed by atoms with Crippen molar-refractivity contribution in [2.24, 2.45) is 0 Å². The van der Waals surface area contributed by atoms with Crippen LogP contribution in [0.1, 0.15) is 19.3 Å². The maximum atomic E-state index is 8.32. The highest BCUT2D eigenvalue weighted by Gasteiger charge is 2.08. The van der Waals surface area contributed by atoms with Crippen molar-refractivity contribution in [1.29, 1.82) is 5.26 Å². The van der Waals surface area contributed by atoms with Crippen molar-refractivity contribution < 1.29 is 0 Å². The zero-order chi connectivity index (χ0) is 8.65. The summed E-state index contributed by atoms with van der Waals surface area (Å²) in [6.45, 7) is 3.71. The SMILES string of the molecule is N#CCSCCN1CCCCC1. The number of nitrogens with zero attached hydrogens (tertiary/aromatic N) is 2. The first-order valence-electron chi connectivity index (χ1n) is 4.60. The molecule has 2 nitrogen and oxygen atoms in total. The van der Waals surface area contributed by atoms with Gasteiger partial charge in [0.15, 0.2) is 0 Å². The second-order valence-electron chi connectivity index (χ2n) is 3.11. The van der Waals surface area contributed by atoms with Crippen molar-refractivity contribution in [2.75, 3.05) is 31.1 Å². The van der Waals surface area contributed by atoms with Gasteiger partial charge in [0.05, 0.1) is 11.8 Å². The third kappa shape index (κ3) is 3.99. The largest absolute Gasteiger partial charge is 0.303 e. The molecule has 0 atom stereocenters. The molecule has 0 amide bonds. The molecule has 0 saturated carbocycles. The zero-order valence-electron chi connectivity index (χ0n) is 7.46. The third-order valence-corrected chi connectivity index (χ3v) is 2.97. The lowest BCUT2D eigenvalue weighted by Crippen LogP contribution is -2.31. The van der Waals surface area contributed by atoms with Crippen LogP contribution < -0.4 is 0 Å². The molecule has 1 fully saturated rings. The quantitative estimate of drug-likeness (QED) is 0.623.